The van der Waals surface area contributed by atoms with Crippen molar-refractivity contribution in [2.24, 2.45) is 0 Å². The van der Waals surface area contributed by atoms with E-state index in [4.69, 9.17) is 0 Å². The van der Waals surface area contributed by atoms with Gasteiger partial charge >= 0.3 is 0 Å². The third-order valence-electron chi connectivity index (χ3n) is 4.20. The molecule has 3 rings (SSSR count). The van der Waals surface area contributed by atoms with Crippen molar-refractivity contribution < 1.29 is 4.79 Å². The van der Waals surface area contributed by atoms with Crippen molar-refractivity contribution in [3.05, 3.63) is 16.1 Å². The van der Waals surface area contributed by atoms with E-state index in [-0.39, 0.29) is 5.91 Å². The Balaban J connectivity index is 1.52. The molecule has 1 aromatic rings. The highest BCUT2D eigenvalue weighted by molar-refractivity contribution is 7.09. The quantitative estimate of drug-likeness (QED) is 0.854. The summed E-state index contributed by atoms with van der Waals surface area (Å²) in [6, 6.07) is 0. The maximum absolute atomic E-state index is 12.1. The maximum Gasteiger partial charge on any atom is 0.228 e. The highest BCUT2D eigenvalue weighted by atomic mass is 32.1. The minimum atomic E-state index is 0.248. The van der Waals surface area contributed by atoms with Crippen molar-refractivity contribution in [1.82, 2.24) is 14.8 Å². The second kappa shape index (κ2) is 6.68. The molecule has 5 heteroatoms. The van der Waals surface area contributed by atoms with Gasteiger partial charge in [0.1, 0.15) is 5.01 Å². The Bertz CT molecular complexity index is 448. The molecule has 0 bridgehead atoms. The zero-order valence-electron chi connectivity index (χ0n) is 12.0. The molecular weight excluding hydrogens is 270 g/mol. The molecule has 3 heterocycles. The van der Waals surface area contributed by atoms with Crippen molar-refractivity contribution in [2.75, 3.05) is 26.2 Å². The number of hydrogen-bond donors (Lipinski definition) is 0. The number of piperidine rings is 1. The number of carbonyl (C=O) groups is 1. The molecular formula is C15H23N3OS. The van der Waals surface area contributed by atoms with Crippen molar-refractivity contribution in [3.63, 3.8) is 0 Å². The van der Waals surface area contributed by atoms with Gasteiger partial charge in [-0.3, -0.25) is 9.69 Å². The lowest BCUT2D eigenvalue weighted by Gasteiger charge is -2.25. The van der Waals surface area contributed by atoms with Crippen molar-refractivity contribution in [2.45, 2.75) is 45.1 Å². The number of amides is 1. The largest absolute Gasteiger partial charge is 0.342 e. The Morgan fingerprint density at radius 3 is 2.55 bits per heavy atom. The Hall–Kier alpha value is -0.940. The normalized spacial score (nSPS) is 20.5. The van der Waals surface area contributed by atoms with Crippen LogP contribution in [0.3, 0.4) is 0 Å². The van der Waals surface area contributed by atoms with Crippen LogP contribution >= 0.6 is 11.3 Å². The van der Waals surface area contributed by atoms with Gasteiger partial charge in [0.15, 0.2) is 0 Å². The molecule has 2 aliphatic rings. The summed E-state index contributed by atoms with van der Waals surface area (Å²) < 4.78 is 0. The summed E-state index contributed by atoms with van der Waals surface area (Å²) in [4.78, 5) is 21.2. The molecule has 0 saturated carbocycles. The minimum absolute atomic E-state index is 0.248. The van der Waals surface area contributed by atoms with Gasteiger partial charge in [0, 0.05) is 18.5 Å². The molecule has 0 spiro atoms. The van der Waals surface area contributed by atoms with Crippen LogP contribution in [0.5, 0.6) is 0 Å². The molecule has 0 aromatic carbocycles. The lowest BCUT2D eigenvalue weighted by atomic mass is 10.1. The topological polar surface area (TPSA) is 36.4 Å². The van der Waals surface area contributed by atoms with E-state index in [2.05, 4.69) is 15.3 Å². The standard InChI is InChI=1S/C15H23N3OS/c19-15(18-8-4-5-9-18)10-13-12-20-14(16-13)11-17-6-2-1-3-7-17/h12H,1-11H2. The van der Waals surface area contributed by atoms with E-state index >= 15 is 0 Å². The maximum atomic E-state index is 12.1. The third-order valence-corrected chi connectivity index (χ3v) is 5.08. The smallest absolute Gasteiger partial charge is 0.228 e. The Morgan fingerprint density at radius 1 is 1.10 bits per heavy atom. The summed E-state index contributed by atoms with van der Waals surface area (Å²) in [5.41, 5.74) is 0.957. The van der Waals surface area contributed by atoms with Gasteiger partial charge in [-0.25, -0.2) is 4.98 Å². The van der Waals surface area contributed by atoms with Gasteiger partial charge in [-0.05, 0) is 38.8 Å². The molecule has 110 valence electrons. The summed E-state index contributed by atoms with van der Waals surface area (Å²) in [6.45, 7) is 5.22. The predicted molar refractivity (Wildman–Crippen MR) is 80.8 cm³/mol. The van der Waals surface area contributed by atoms with Crippen LogP contribution in [0.25, 0.3) is 0 Å². The first-order valence-electron chi connectivity index (χ1n) is 7.75. The first-order chi connectivity index (χ1) is 9.81. The fourth-order valence-corrected chi connectivity index (χ4v) is 3.88. The van der Waals surface area contributed by atoms with Crippen LogP contribution in [0.4, 0.5) is 0 Å². The van der Waals surface area contributed by atoms with Crippen LogP contribution in [0, 0.1) is 0 Å². The Kier molecular flexibility index (Phi) is 4.68. The zero-order valence-corrected chi connectivity index (χ0v) is 12.8. The van der Waals surface area contributed by atoms with Crippen LogP contribution in [0.15, 0.2) is 5.38 Å². The van der Waals surface area contributed by atoms with E-state index in [1.807, 2.05) is 4.90 Å². The van der Waals surface area contributed by atoms with Gasteiger partial charge in [0.05, 0.1) is 18.7 Å². The molecule has 4 nitrogen and oxygen atoms in total. The van der Waals surface area contributed by atoms with Crippen molar-refractivity contribution in [3.8, 4) is 0 Å². The number of likely N-dealkylation sites (tertiary alicyclic amines) is 2. The molecule has 1 aromatic heterocycles. The summed E-state index contributed by atoms with van der Waals surface area (Å²) in [5, 5.41) is 3.23. The summed E-state index contributed by atoms with van der Waals surface area (Å²) >= 11 is 1.70. The lowest BCUT2D eigenvalue weighted by molar-refractivity contribution is -0.129. The average molecular weight is 293 g/mol. The highest BCUT2D eigenvalue weighted by Gasteiger charge is 2.19. The summed E-state index contributed by atoms with van der Waals surface area (Å²) in [5.74, 6) is 0.248. The SMILES string of the molecule is O=C(Cc1csc(CN2CCCCC2)n1)N1CCCC1. The molecule has 0 N–H and O–H groups in total. The van der Waals surface area contributed by atoms with Crippen LogP contribution in [-0.4, -0.2) is 46.9 Å². The van der Waals surface area contributed by atoms with Gasteiger partial charge in [-0.2, -0.15) is 0 Å². The van der Waals surface area contributed by atoms with Crippen LogP contribution in [0.2, 0.25) is 0 Å². The third kappa shape index (κ3) is 3.58. The van der Waals surface area contributed by atoms with Crippen LogP contribution in [0.1, 0.15) is 42.8 Å². The number of hydrogen-bond acceptors (Lipinski definition) is 4. The first-order valence-corrected chi connectivity index (χ1v) is 8.62. The van der Waals surface area contributed by atoms with E-state index < -0.39 is 0 Å². The minimum Gasteiger partial charge on any atom is -0.342 e. The Morgan fingerprint density at radius 2 is 1.80 bits per heavy atom. The van der Waals surface area contributed by atoms with E-state index in [1.54, 1.807) is 11.3 Å². The predicted octanol–water partition coefficient (Wildman–Crippen LogP) is 2.29. The molecule has 2 saturated heterocycles. The molecule has 20 heavy (non-hydrogen) atoms. The van der Waals surface area contributed by atoms with Crippen molar-refractivity contribution in [1.29, 1.82) is 0 Å². The summed E-state index contributed by atoms with van der Waals surface area (Å²) in [7, 11) is 0. The molecule has 0 aliphatic carbocycles. The molecule has 2 fully saturated rings. The van der Waals surface area contributed by atoms with Gasteiger partial charge < -0.3 is 4.90 Å². The molecule has 0 atom stereocenters. The molecule has 0 radical (unpaired) electrons. The first kappa shape index (κ1) is 14.0. The van der Waals surface area contributed by atoms with Gasteiger partial charge in [0.25, 0.3) is 0 Å². The average Bonchev–Trinajstić information content (AvgIpc) is 3.11. The number of thiazole rings is 1. The van der Waals surface area contributed by atoms with E-state index in [1.165, 1.54) is 32.4 Å². The highest BCUT2D eigenvalue weighted by Crippen LogP contribution is 2.17. The second-order valence-corrected chi connectivity index (χ2v) is 6.78. The van der Waals surface area contributed by atoms with E-state index in [0.29, 0.717) is 6.42 Å². The van der Waals surface area contributed by atoms with Crippen molar-refractivity contribution >= 4 is 17.2 Å². The van der Waals surface area contributed by atoms with Crippen LogP contribution in [-0.2, 0) is 17.8 Å². The van der Waals surface area contributed by atoms with E-state index in [0.717, 1.165) is 43.2 Å². The van der Waals surface area contributed by atoms with Crippen LogP contribution < -0.4 is 0 Å². The Labute approximate surface area is 124 Å². The number of carbonyl (C=O) groups excluding carboxylic acids is 1. The molecule has 1 amide bonds. The summed E-state index contributed by atoms with van der Waals surface area (Å²) in [6.07, 6.45) is 6.78. The second-order valence-electron chi connectivity index (χ2n) is 5.83. The lowest BCUT2D eigenvalue weighted by Crippen LogP contribution is -2.29. The zero-order chi connectivity index (χ0) is 13.8. The number of nitrogens with zero attached hydrogens (tertiary/aromatic N) is 3. The fraction of sp³-hybridized carbons (Fsp3) is 0.733. The number of rotatable bonds is 4. The molecule has 0 unspecified atom stereocenters. The monoisotopic (exact) mass is 293 g/mol. The van der Waals surface area contributed by atoms with Gasteiger partial charge in [-0.15, -0.1) is 11.3 Å². The van der Waals surface area contributed by atoms with E-state index in [9.17, 15) is 4.79 Å². The fourth-order valence-electron chi connectivity index (χ4n) is 3.04. The van der Waals surface area contributed by atoms with Gasteiger partial charge in [-0.1, -0.05) is 6.42 Å². The number of aromatic nitrogens is 1. The molecule has 2 aliphatic heterocycles. The van der Waals surface area contributed by atoms with Gasteiger partial charge in [0.2, 0.25) is 5.91 Å².